The first-order valence-corrected chi connectivity index (χ1v) is 10.5. The minimum atomic E-state index is -3.58. The number of nitrogens with zero attached hydrogens (tertiary/aromatic N) is 1. The molecule has 0 spiro atoms. The van der Waals surface area contributed by atoms with Crippen LogP contribution in [-0.4, -0.2) is 30.2 Å². The molecule has 3 rings (SSSR count). The summed E-state index contributed by atoms with van der Waals surface area (Å²) in [5, 5.41) is 7.01. The summed E-state index contributed by atoms with van der Waals surface area (Å²) in [7, 11) is -0.926. The van der Waals surface area contributed by atoms with Crippen molar-refractivity contribution < 1.29 is 18.4 Å². The summed E-state index contributed by atoms with van der Waals surface area (Å²) in [5.41, 5.74) is 2.94. The van der Waals surface area contributed by atoms with Crippen molar-refractivity contribution in [3.05, 3.63) is 35.5 Å². The molecule has 1 aromatic carbocycles. The lowest BCUT2D eigenvalue weighted by molar-refractivity contribution is 0.0885. The summed E-state index contributed by atoms with van der Waals surface area (Å²) < 4.78 is 23.3. The van der Waals surface area contributed by atoms with Gasteiger partial charge in [-0.15, -0.1) is 0 Å². The Morgan fingerprint density at radius 3 is 2.31 bits per heavy atom. The summed E-state index contributed by atoms with van der Waals surface area (Å²) >= 11 is 0. The number of aromatic amines is 1. The standard InChI is InChI=1S/C19H25N2O4P/c1-13-9-11-14(12-10-13)16-17(18(22)15-7-5-4-6-8-15)20-21-19(16)26(23,24-2)25-3/h9-12,15H,4-8H2,1-3H3,(H,20,21). The minimum Gasteiger partial charge on any atom is -0.308 e. The molecule has 7 heteroatoms. The highest BCUT2D eigenvalue weighted by molar-refractivity contribution is 7.62. The zero-order chi connectivity index (χ0) is 18.7. The van der Waals surface area contributed by atoms with Gasteiger partial charge in [0.1, 0.15) is 5.69 Å². The van der Waals surface area contributed by atoms with E-state index in [1.807, 2.05) is 31.2 Å². The number of nitrogens with one attached hydrogen (secondary N) is 1. The van der Waals surface area contributed by atoms with Crippen molar-refractivity contribution in [3.63, 3.8) is 0 Å². The van der Waals surface area contributed by atoms with Gasteiger partial charge in [-0.05, 0) is 25.3 Å². The first-order valence-electron chi connectivity index (χ1n) is 8.92. The van der Waals surface area contributed by atoms with Crippen LogP contribution >= 0.6 is 7.60 Å². The van der Waals surface area contributed by atoms with Gasteiger partial charge in [0.2, 0.25) is 0 Å². The number of ketones is 1. The maximum Gasteiger partial charge on any atom is 0.379 e. The second-order valence-electron chi connectivity index (χ2n) is 6.72. The van der Waals surface area contributed by atoms with Gasteiger partial charge in [-0.25, -0.2) is 0 Å². The molecule has 0 bridgehead atoms. The first kappa shape index (κ1) is 19.0. The predicted molar refractivity (Wildman–Crippen MR) is 101 cm³/mol. The summed E-state index contributed by atoms with van der Waals surface area (Å²) in [4.78, 5) is 13.1. The zero-order valence-electron chi connectivity index (χ0n) is 15.4. The summed E-state index contributed by atoms with van der Waals surface area (Å²) in [6.45, 7) is 1.99. The van der Waals surface area contributed by atoms with E-state index in [4.69, 9.17) is 9.05 Å². The van der Waals surface area contributed by atoms with Crippen LogP contribution in [0.1, 0.15) is 48.2 Å². The van der Waals surface area contributed by atoms with E-state index >= 15 is 0 Å². The van der Waals surface area contributed by atoms with Gasteiger partial charge in [-0.1, -0.05) is 49.1 Å². The largest absolute Gasteiger partial charge is 0.379 e. The van der Waals surface area contributed by atoms with Crippen molar-refractivity contribution in [2.45, 2.75) is 39.0 Å². The van der Waals surface area contributed by atoms with Crippen LogP contribution in [0.15, 0.2) is 24.3 Å². The third-order valence-electron chi connectivity index (χ3n) is 5.05. The normalized spacial score (nSPS) is 16.0. The number of aromatic nitrogens is 2. The summed E-state index contributed by atoms with van der Waals surface area (Å²) in [5.74, 6) is -0.0323. The maximum absolute atomic E-state index is 13.1. The molecule has 26 heavy (non-hydrogen) atoms. The Bertz CT molecular complexity index is 815. The van der Waals surface area contributed by atoms with Crippen molar-refractivity contribution in [2.24, 2.45) is 5.92 Å². The van der Waals surface area contributed by atoms with E-state index in [-0.39, 0.29) is 17.1 Å². The summed E-state index contributed by atoms with van der Waals surface area (Å²) in [6.07, 6.45) is 5.04. The monoisotopic (exact) mass is 376 g/mol. The van der Waals surface area contributed by atoms with Crippen molar-refractivity contribution in [1.82, 2.24) is 10.2 Å². The minimum absolute atomic E-state index is 0.00142. The van der Waals surface area contributed by atoms with Gasteiger partial charge in [0.05, 0.1) is 0 Å². The SMILES string of the molecule is COP(=O)(OC)c1[nH]nc(C(=O)C2CCCCC2)c1-c1ccc(C)cc1. The zero-order valence-corrected chi connectivity index (χ0v) is 16.3. The third-order valence-corrected chi connectivity index (χ3v) is 6.88. The lowest BCUT2D eigenvalue weighted by Gasteiger charge is -2.20. The van der Waals surface area contributed by atoms with Gasteiger partial charge in [0.15, 0.2) is 11.2 Å². The summed E-state index contributed by atoms with van der Waals surface area (Å²) in [6, 6.07) is 7.70. The van der Waals surface area contributed by atoms with Crippen molar-refractivity contribution in [3.8, 4) is 11.1 Å². The fourth-order valence-electron chi connectivity index (χ4n) is 3.52. The molecule has 140 valence electrons. The molecule has 0 radical (unpaired) electrons. The number of H-pyrrole nitrogens is 1. The molecule has 0 aliphatic heterocycles. The van der Waals surface area contributed by atoms with E-state index in [2.05, 4.69) is 10.2 Å². The van der Waals surface area contributed by atoms with E-state index < -0.39 is 7.60 Å². The Morgan fingerprint density at radius 1 is 1.12 bits per heavy atom. The molecule has 2 aromatic rings. The second-order valence-corrected chi connectivity index (χ2v) is 8.90. The average molecular weight is 376 g/mol. The number of hydrogen-bond donors (Lipinski definition) is 1. The van der Waals surface area contributed by atoms with Gasteiger partial charge in [0.25, 0.3) is 0 Å². The van der Waals surface area contributed by atoms with Gasteiger partial charge in [0, 0.05) is 25.7 Å². The number of benzene rings is 1. The highest BCUT2D eigenvalue weighted by atomic mass is 31.2. The molecule has 1 heterocycles. The smallest absolute Gasteiger partial charge is 0.308 e. The van der Waals surface area contributed by atoms with Crippen LogP contribution in [0.2, 0.25) is 0 Å². The van der Waals surface area contributed by atoms with E-state index in [1.54, 1.807) is 0 Å². The third kappa shape index (κ3) is 3.54. The number of carbonyl (C=O) groups excluding carboxylic acids is 1. The Morgan fingerprint density at radius 2 is 1.73 bits per heavy atom. The van der Waals surface area contributed by atoms with Crippen LogP contribution in [0.4, 0.5) is 0 Å². The van der Waals surface area contributed by atoms with E-state index in [9.17, 15) is 9.36 Å². The Balaban J connectivity index is 2.12. The number of Topliss-reactive ketones (excluding diaryl/α,β-unsaturated/α-hetero) is 1. The molecule has 1 fully saturated rings. The topological polar surface area (TPSA) is 81.3 Å². The number of rotatable bonds is 6. The van der Waals surface area contributed by atoms with Crippen molar-refractivity contribution >= 4 is 18.8 Å². The molecule has 1 aliphatic rings. The van der Waals surface area contributed by atoms with Crippen molar-refractivity contribution in [1.29, 1.82) is 0 Å². The van der Waals surface area contributed by atoms with Gasteiger partial charge >= 0.3 is 7.60 Å². The van der Waals surface area contributed by atoms with Crippen LogP contribution < -0.4 is 5.44 Å². The molecule has 1 saturated carbocycles. The van der Waals surface area contributed by atoms with Gasteiger partial charge in [-0.3, -0.25) is 14.5 Å². The fraction of sp³-hybridized carbons (Fsp3) is 0.474. The molecular weight excluding hydrogens is 351 g/mol. The molecule has 6 nitrogen and oxygen atoms in total. The van der Waals surface area contributed by atoms with E-state index in [0.29, 0.717) is 11.3 Å². The van der Waals surface area contributed by atoms with E-state index in [1.165, 1.54) is 20.6 Å². The molecular formula is C19H25N2O4P. The highest BCUT2D eigenvalue weighted by Gasteiger charge is 2.36. The average Bonchev–Trinajstić information content (AvgIpc) is 3.13. The first-order chi connectivity index (χ1) is 12.5. The highest BCUT2D eigenvalue weighted by Crippen LogP contribution is 2.48. The van der Waals surface area contributed by atoms with Gasteiger partial charge < -0.3 is 9.05 Å². The van der Waals surface area contributed by atoms with Crippen LogP contribution in [0.25, 0.3) is 11.1 Å². The molecule has 0 saturated heterocycles. The Hall–Kier alpha value is -1.75. The predicted octanol–water partition coefficient (Wildman–Crippen LogP) is 4.26. The maximum atomic E-state index is 13.1. The lowest BCUT2D eigenvalue weighted by Crippen LogP contribution is -2.19. The van der Waals surface area contributed by atoms with Crippen LogP contribution in [0.5, 0.6) is 0 Å². The number of aryl methyl sites for hydroxylation is 1. The number of hydrogen-bond acceptors (Lipinski definition) is 5. The Labute approximate surface area is 153 Å². The molecule has 1 aromatic heterocycles. The molecule has 1 N–H and O–H groups in total. The quantitative estimate of drug-likeness (QED) is 0.602. The molecule has 0 atom stereocenters. The fourth-order valence-corrected chi connectivity index (χ4v) is 4.71. The number of carbonyl (C=O) groups is 1. The Kier molecular flexibility index (Phi) is 5.76. The molecule has 1 aliphatic carbocycles. The van der Waals surface area contributed by atoms with Crippen LogP contribution in [0, 0.1) is 12.8 Å². The molecule has 0 unspecified atom stereocenters. The van der Waals surface area contributed by atoms with Crippen molar-refractivity contribution in [2.75, 3.05) is 14.2 Å². The van der Waals surface area contributed by atoms with Gasteiger partial charge in [-0.2, -0.15) is 5.10 Å². The molecule has 0 amide bonds. The van der Waals surface area contributed by atoms with Crippen LogP contribution in [-0.2, 0) is 13.6 Å². The lowest BCUT2D eigenvalue weighted by atomic mass is 9.84. The van der Waals surface area contributed by atoms with E-state index in [0.717, 1.165) is 36.8 Å². The van der Waals surface area contributed by atoms with Crippen LogP contribution in [0.3, 0.4) is 0 Å². The second kappa shape index (κ2) is 7.87.